The molecule has 0 bridgehead atoms. The summed E-state index contributed by atoms with van der Waals surface area (Å²) in [5.74, 6) is -0.150. The van der Waals surface area contributed by atoms with Crippen molar-refractivity contribution >= 4 is 12.0 Å². The number of carbonyl (C=O) groups is 2. The van der Waals surface area contributed by atoms with Crippen molar-refractivity contribution in [2.24, 2.45) is 5.92 Å². The predicted octanol–water partition coefficient (Wildman–Crippen LogP) is 1.01. The van der Waals surface area contributed by atoms with E-state index in [1.165, 1.54) is 4.90 Å². The van der Waals surface area contributed by atoms with Gasteiger partial charge >= 0.3 is 6.09 Å². The fraction of sp³-hybridized carbons (Fsp3) is 0.750. The summed E-state index contributed by atoms with van der Waals surface area (Å²) in [5, 5.41) is 0. The SMILES string of the molecule is CCOC(=O)N1CC[C@@H](C)C1=O. The van der Waals surface area contributed by atoms with Crippen LogP contribution in [0.25, 0.3) is 0 Å². The highest BCUT2D eigenvalue weighted by molar-refractivity contribution is 5.94. The zero-order valence-corrected chi connectivity index (χ0v) is 7.37. The lowest BCUT2D eigenvalue weighted by Crippen LogP contribution is -2.33. The van der Waals surface area contributed by atoms with Crippen molar-refractivity contribution in [2.75, 3.05) is 13.2 Å². The van der Waals surface area contributed by atoms with Crippen molar-refractivity contribution in [3.8, 4) is 0 Å². The molecule has 1 aliphatic rings. The summed E-state index contributed by atoms with van der Waals surface area (Å²) in [4.78, 5) is 23.5. The van der Waals surface area contributed by atoms with Gasteiger partial charge in [-0.1, -0.05) is 6.92 Å². The number of hydrogen-bond acceptors (Lipinski definition) is 3. The van der Waals surface area contributed by atoms with Gasteiger partial charge in [0.2, 0.25) is 5.91 Å². The van der Waals surface area contributed by atoms with E-state index in [0.29, 0.717) is 13.2 Å². The summed E-state index contributed by atoms with van der Waals surface area (Å²) >= 11 is 0. The van der Waals surface area contributed by atoms with Gasteiger partial charge in [-0.3, -0.25) is 4.79 Å². The molecular formula is C8H13NO3. The van der Waals surface area contributed by atoms with Crippen LogP contribution >= 0.6 is 0 Å². The Bertz CT molecular complexity index is 202. The Kier molecular flexibility index (Phi) is 2.68. The van der Waals surface area contributed by atoms with Gasteiger partial charge in [0.1, 0.15) is 0 Å². The summed E-state index contributed by atoms with van der Waals surface area (Å²) in [6.45, 7) is 4.36. The molecule has 0 aromatic heterocycles. The maximum absolute atomic E-state index is 11.2. The van der Waals surface area contributed by atoms with Crippen molar-refractivity contribution in [1.82, 2.24) is 4.90 Å². The van der Waals surface area contributed by atoms with Gasteiger partial charge in [0.25, 0.3) is 0 Å². The van der Waals surface area contributed by atoms with Crippen LogP contribution in [0.3, 0.4) is 0 Å². The van der Waals surface area contributed by atoms with E-state index in [9.17, 15) is 9.59 Å². The Labute approximate surface area is 71.5 Å². The number of amides is 2. The van der Waals surface area contributed by atoms with Crippen molar-refractivity contribution in [3.05, 3.63) is 0 Å². The van der Waals surface area contributed by atoms with E-state index in [0.717, 1.165) is 6.42 Å². The lowest BCUT2D eigenvalue weighted by atomic mass is 10.1. The van der Waals surface area contributed by atoms with Crippen LogP contribution in [0.2, 0.25) is 0 Å². The van der Waals surface area contributed by atoms with E-state index in [1.807, 2.05) is 6.92 Å². The molecule has 0 saturated carbocycles. The third-order valence-corrected chi connectivity index (χ3v) is 1.96. The van der Waals surface area contributed by atoms with Crippen LogP contribution in [0.4, 0.5) is 4.79 Å². The largest absolute Gasteiger partial charge is 0.449 e. The van der Waals surface area contributed by atoms with Gasteiger partial charge in [-0.05, 0) is 13.3 Å². The second-order valence-electron chi connectivity index (χ2n) is 2.88. The molecule has 0 aliphatic carbocycles. The van der Waals surface area contributed by atoms with Crippen molar-refractivity contribution in [3.63, 3.8) is 0 Å². The summed E-state index contributed by atoms with van der Waals surface area (Å²) < 4.78 is 4.71. The van der Waals surface area contributed by atoms with Crippen molar-refractivity contribution in [1.29, 1.82) is 0 Å². The molecule has 0 aromatic carbocycles. The first-order valence-corrected chi connectivity index (χ1v) is 4.15. The van der Waals surface area contributed by atoms with Gasteiger partial charge in [-0.25, -0.2) is 9.69 Å². The lowest BCUT2D eigenvalue weighted by Gasteiger charge is -2.12. The molecule has 4 heteroatoms. The smallest absolute Gasteiger partial charge is 0.416 e. The minimum absolute atomic E-state index is 0.0330. The Balaban J connectivity index is 2.53. The van der Waals surface area contributed by atoms with Crippen LogP contribution in [0, 0.1) is 5.92 Å². The number of likely N-dealkylation sites (tertiary alicyclic amines) is 1. The Hall–Kier alpha value is -1.06. The zero-order valence-electron chi connectivity index (χ0n) is 7.37. The molecule has 1 rings (SSSR count). The van der Waals surface area contributed by atoms with Crippen LogP contribution in [0.5, 0.6) is 0 Å². The number of rotatable bonds is 1. The summed E-state index contributed by atoms with van der Waals surface area (Å²) in [5.41, 5.74) is 0. The highest BCUT2D eigenvalue weighted by Crippen LogP contribution is 2.17. The average molecular weight is 171 g/mol. The minimum atomic E-state index is -0.508. The molecule has 1 atom stereocenters. The van der Waals surface area contributed by atoms with E-state index in [2.05, 4.69) is 0 Å². The van der Waals surface area contributed by atoms with Crippen molar-refractivity contribution < 1.29 is 14.3 Å². The van der Waals surface area contributed by atoms with Crippen LogP contribution in [-0.2, 0) is 9.53 Å². The van der Waals surface area contributed by atoms with Crippen molar-refractivity contribution in [2.45, 2.75) is 20.3 Å². The number of imide groups is 1. The van der Waals surface area contributed by atoms with E-state index < -0.39 is 6.09 Å². The number of hydrogen-bond donors (Lipinski definition) is 0. The van der Waals surface area contributed by atoms with E-state index in [-0.39, 0.29) is 11.8 Å². The van der Waals surface area contributed by atoms with Gasteiger partial charge in [-0.2, -0.15) is 0 Å². The first-order chi connectivity index (χ1) is 5.66. The summed E-state index contributed by atoms with van der Waals surface area (Å²) in [6, 6.07) is 0. The molecule has 4 nitrogen and oxygen atoms in total. The number of carbonyl (C=O) groups excluding carboxylic acids is 2. The first kappa shape index (κ1) is 9.03. The molecule has 0 spiro atoms. The van der Waals surface area contributed by atoms with Gasteiger partial charge in [0.15, 0.2) is 0 Å². The molecule has 1 aliphatic heterocycles. The molecule has 68 valence electrons. The Morgan fingerprint density at radius 1 is 1.75 bits per heavy atom. The minimum Gasteiger partial charge on any atom is -0.449 e. The predicted molar refractivity (Wildman–Crippen MR) is 42.5 cm³/mol. The maximum Gasteiger partial charge on any atom is 0.416 e. The molecule has 1 fully saturated rings. The second kappa shape index (κ2) is 3.56. The fourth-order valence-corrected chi connectivity index (χ4v) is 1.21. The highest BCUT2D eigenvalue weighted by atomic mass is 16.6. The lowest BCUT2D eigenvalue weighted by molar-refractivity contribution is -0.129. The van der Waals surface area contributed by atoms with Crippen LogP contribution in [0.1, 0.15) is 20.3 Å². The first-order valence-electron chi connectivity index (χ1n) is 4.15. The number of nitrogens with zero attached hydrogens (tertiary/aromatic N) is 1. The van der Waals surface area contributed by atoms with E-state index >= 15 is 0 Å². The third kappa shape index (κ3) is 1.57. The zero-order chi connectivity index (χ0) is 9.14. The summed E-state index contributed by atoms with van der Waals surface area (Å²) in [7, 11) is 0. The van der Waals surface area contributed by atoms with E-state index in [4.69, 9.17) is 4.74 Å². The molecule has 0 unspecified atom stereocenters. The highest BCUT2D eigenvalue weighted by Gasteiger charge is 2.33. The van der Waals surface area contributed by atoms with Gasteiger partial charge in [0.05, 0.1) is 6.61 Å². The topological polar surface area (TPSA) is 46.6 Å². The molecule has 12 heavy (non-hydrogen) atoms. The van der Waals surface area contributed by atoms with E-state index in [1.54, 1.807) is 6.92 Å². The molecule has 2 amide bonds. The molecule has 1 heterocycles. The second-order valence-corrected chi connectivity index (χ2v) is 2.88. The maximum atomic E-state index is 11.2. The Morgan fingerprint density at radius 3 is 2.83 bits per heavy atom. The van der Waals surface area contributed by atoms with Crippen LogP contribution in [0.15, 0.2) is 0 Å². The molecule has 0 radical (unpaired) electrons. The summed E-state index contributed by atoms with van der Waals surface area (Å²) in [6.07, 6.45) is 0.240. The molecule has 1 saturated heterocycles. The van der Waals surface area contributed by atoms with Gasteiger partial charge < -0.3 is 4.74 Å². The third-order valence-electron chi connectivity index (χ3n) is 1.96. The fourth-order valence-electron chi connectivity index (χ4n) is 1.21. The van der Waals surface area contributed by atoms with Gasteiger partial charge in [0, 0.05) is 12.5 Å². The quantitative estimate of drug-likeness (QED) is 0.591. The average Bonchev–Trinajstić information content (AvgIpc) is 2.34. The monoisotopic (exact) mass is 171 g/mol. The van der Waals surface area contributed by atoms with Gasteiger partial charge in [-0.15, -0.1) is 0 Å². The molecule has 0 N–H and O–H groups in total. The van der Waals surface area contributed by atoms with Crippen LogP contribution < -0.4 is 0 Å². The molecular weight excluding hydrogens is 158 g/mol. The molecule has 0 aromatic rings. The normalized spacial score (nSPS) is 23.0. The standard InChI is InChI=1S/C8H13NO3/c1-3-12-8(11)9-5-4-6(2)7(9)10/h6H,3-5H2,1-2H3/t6-/m1/s1. The number of ether oxygens (including phenoxy) is 1. The Morgan fingerprint density at radius 2 is 2.42 bits per heavy atom. The van der Waals surface area contributed by atoms with Crippen LogP contribution in [-0.4, -0.2) is 30.1 Å².